The fraction of sp³-hybridized carbons (Fsp3) is 0.0556. The van der Waals surface area contributed by atoms with E-state index < -0.39 is 0 Å². The summed E-state index contributed by atoms with van der Waals surface area (Å²) in [6.45, 7) is 0.502. The van der Waals surface area contributed by atoms with E-state index in [0.717, 1.165) is 11.3 Å². The van der Waals surface area contributed by atoms with Crippen LogP contribution in [0.3, 0.4) is 0 Å². The number of para-hydroxylation sites is 1. The van der Waals surface area contributed by atoms with Crippen LogP contribution in [0.25, 0.3) is 5.69 Å². The van der Waals surface area contributed by atoms with Crippen LogP contribution < -0.4 is 5.32 Å². The van der Waals surface area contributed by atoms with E-state index in [2.05, 4.69) is 5.32 Å². The summed E-state index contributed by atoms with van der Waals surface area (Å²) >= 11 is 0. The zero-order valence-corrected chi connectivity index (χ0v) is 11.6. The summed E-state index contributed by atoms with van der Waals surface area (Å²) in [6, 6.07) is 21.3. The minimum Gasteiger partial charge on any atom is -0.348 e. The highest BCUT2D eigenvalue weighted by Crippen LogP contribution is 2.14. The molecule has 0 fully saturated rings. The average molecular weight is 276 g/mol. The highest BCUT2D eigenvalue weighted by Gasteiger charge is 2.07. The molecule has 3 aromatic rings. The summed E-state index contributed by atoms with van der Waals surface area (Å²) < 4.78 is 2.05. The Bertz CT molecular complexity index is 718. The van der Waals surface area contributed by atoms with Crippen molar-refractivity contribution in [3.8, 4) is 5.69 Å². The Hall–Kier alpha value is -2.81. The largest absolute Gasteiger partial charge is 0.348 e. The van der Waals surface area contributed by atoms with Crippen molar-refractivity contribution in [2.24, 2.45) is 0 Å². The first-order chi connectivity index (χ1) is 10.3. The molecular weight excluding hydrogens is 260 g/mol. The number of benzene rings is 2. The van der Waals surface area contributed by atoms with Crippen LogP contribution in [0.15, 0.2) is 79.1 Å². The van der Waals surface area contributed by atoms with Crippen molar-refractivity contribution in [2.75, 3.05) is 0 Å². The summed E-state index contributed by atoms with van der Waals surface area (Å²) in [5.41, 5.74) is 2.84. The van der Waals surface area contributed by atoms with E-state index in [1.54, 1.807) is 0 Å². The molecule has 0 aliphatic heterocycles. The molecule has 0 aliphatic rings. The van der Waals surface area contributed by atoms with Crippen molar-refractivity contribution < 1.29 is 4.79 Å². The average Bonchev–Trinajstić information content (AvgIpc) is 3.08. The summed E-state index contributed by atoms with van der Waals surface area (Å²) in [4.78, 5) is 12.1. The number of hydrogen-bond acceptors (Lipinski definition) is 1. The molecule has 2 aromatic carbocycles. The van der Waals surface area contributed by atoms with Crippen LogP contribution in [0, 0.1) is 0 Å². The number of carbonyl (C=O) groups excluding carboxylic acids is 1. The minimum absolute atomic E-state index is 0.0575. The second kappa shape index (κ2) is 6.09. The van der Waals surface area contributed by atoms with Crippen LogP contribution in [0.1, 0.15) is 15.9 Å². The molecule has 1 N–H and O–H groups in total. The second-order valence-corrected chi connectivity index (χ2v) is 4.77. The number of carbonyl (C=O) groups is 1. The summed E-state index contributed by atoms with van der Waals surface area (Å²) in [6.07, 6.45) is 4.00. The molecular formula is C18H16N2O. The molecule has 3 heteroatoms. The van der Waals surface area contributed by atoms with Crippen molar-refractivity contribution >= 4 is 5.91 Å². The van der Waals surface area contributed by atoms with E-state index in [9.17, 15) is 4.79 Å². The Morgan fingerprint density at radius 3 is 2.29 bits per heavy atom. The third-order valence-electron chi connectivity index (χ3n) is 3.35. The van der Waals surface area contributed by atoms with Crippen LogP contribution in [-0.4, -0.2) is 10.5 Å². The summed E-state index contributed by atoms with van der Waals surface area (Å²) in [7, 11) is 0. The lowest BCUT2D eigenvalue weighted by molar-refractivity contribution is 0.0951. The van der Waals surface area contributed by atoms with E-state index in [0.29, 0.717) is 12.1 Å². The molecule has 0 aliphatic carbocycles. The van der Waals surface area contributed by atoms with Gasteiger partial charge in [0.2, 0.25) is 0 Å². The Labute approximate surface area is 123 Å². The molecule has 21 heavy (non-hydrogen) atoms. The van der Waals surface area contributed by atoms with Gasteiger partial charge in [-0.05, 0) is 35.9 Å². The fourth-order valence-electron chi connectivity index (χ4n) is 2.27. The Balaban J connectivity index is 1.76. The maximum absolute atomic E-state index is 12.1. The second-order valence-electron chi connectivity index (χ2n) is 4.77. The van der Waals surface area contributed by atoms with E-state index in [1.807, 2.05) is 83.7 Å². The van der Waals surface area contributed by atoms with Gasteiger partial charge in [-0.3, -0.25) is 4.79 Å². The van der Waals surface area contributed by atoms with Gasteiger partial charge in [-0.2, -0.15) is 0 Å². The first-order valence-electron chi connectivity index (χ1n) is 6.89. The summed E-state index contributed by atoms with van der Waals surface area (Å²) in [5.74, 6) is -0.0575. The van der Waals surface area contributed by atoms with Gasteiger partial charge in [0.25, 0.3) is 5.91 Å². The SMILES string of the molecule is O=C(NCc1ccccc1-n1cccc1)c1ccccc1. The maximum Gasteiger partial charge on any atom is 0.251 e. The molecule has 3 rings (SSSR count). The molecule has 0 unspecified atom stereocenters. The molecule has 3 nitrogen and oxygen atoms in total. The van der Waals surface area contributed by atoms with Gasteiger partial charge in [-0.1, -0.05) is 36.4 Å². The normalized spacial score (nSPS) is 10.3. The lowest BCUT2D eigenvalue weighted by Gasteiger charge is -2.11. The number of amides is 1. The molecule has 0 bridgehead atoms. The van der Waals surface area contributed by atoms with Crippen molar-refractivity contribution in [1.29, 1.82) is 0 Å². The van der Waals surface area contributed by atoms with Gasteiger partial charge in [0.15, 0.2) is 0 Å². The molecule has 0 saturated heterocycles. The van der Waals surface area contributed by atoms with Crippen LogP contribution in [0.2, 0.25) is 0 Å². The number of aromatic nitrogens is 1. The van der Waals surface area contributed by atoms with E-state index in [-0.39, 0.29) is 5.91 Å². The van der Waals surface area contributed by atoms with Crippen molar-refractivity contribution in [3.05, 3.63) is 90.3 Å². The smallest absolute Gasteiger partial charge is 0.251 e. The Morgan fingerprint density at radius 2 is 1.52 bits per heavy atom. The number of hydrogen-bond donors (Lipinski definition) is 1. The quantitative estimate of drug-likeness (QED) is 0.778. The van der Waals surface area contributed by atoms with Crippen molar-refractivity contribution in [3.63, 3.8) is 0 Å². The van der Waals surface area contributed by atoms with E-state index in [1.165, 1.54) is 0 Å². The summed E-state index contributed by atoms with van der Waals surface area (Å²) in [5, 5.41) is 2.97. The lowest BCUT2D eigenvalue weighted by atomic mass is 10.1. The third-order valence-corrected chi connectivity index (χ3v) is 3.35. The molecule has 0 radical (unpaired) electrons. The monoisotopic (exact) mass is 276 g/mol. The predicted octanol–water partition coefficient (Wildman–Crippen LogP) is 3.41. The number of nitrogens with one attached hydrogen (secondary N) is 1. The van der Waals surface area contributed by atoms with Gasteiger partial charge in [0, 0.05) is 30.2 Å². The number of rotatable bonds is 4. The van der Waals surface area contributed by atoms with Crippen LogP contribution in [0.5, 0.6) is 0 Å². The molecule has 1 amide bonds. The van der Waals surface area contributed by atoms with E-state index >= 15 is 0 Å². The zero-order chi connectivity index (χ0) is 14.5. The Morgan fingerprint density at radius 1 is 0.857 bits per heavy atom. The van der Waals surface area contributed by atoms with Gasteiger partial charge < -0.3 is 9.88 Å². The third kappa shape index (κ3) is 3.03. The fourth-order valence-corrected chi connectivity index (χ4v) is 2.27. The lowest BCUT2D eigenvalue weighted by Crippen LogP contribution is -2.23. The zero-order valence-electron chi connectivity index (χ0n) is 11.6. The van der Waals surface area contributed by atoms with Crippen LogP contribution >= 0.6 is 0 Å². The van der Waals surface area contributed by atoms with Gasteiger partial charge in [0.05, 0.1) is 0 Å². The number of nitrogens with zero attached hydrogens (tertiary/aromatic N) is 1. The highest BCUT2D eigenvalue weighted by atomic mass is 16.1. The predicted molar refractivity (Wildman–Crippen MR) is 83.4 cm³/mol. The molecule has 1 aromatic heterocycles. The molecule has 0 spiro atoms. The van der Waals surface area contributed by atoms with Gasteiger partial charge in [-0.25, -0.2) is 0 Å². The first kappa shape index (κ1) is 13.2. The van der Waals surface area contributed by atoms with Gasteiger partial charge in [0.1, 0.15) is 0 Å². The van der Waals surface area contributed by atoms with Gasteiger partial charge in [-0.15, -0.1) is 0 Å². The maximum atomic E-state index is 12.1. The molecule has 1 heterocycles. The molecule has 0 atom stereocenters. The van der Waals surface area contributed by atoms with E-state index in [4.69, 9.17) is 0 Å². The van der Waals surface area contributed by atoms with Gasteiger partial charge >= 0.3 is 0 Å². The Kier molecular flexibility index (Phi) is 3.83. The molecule has 0 saturated carbocycles. The van der Waals surface area contributed by atoms with Crippen LogP contribution in [-0.2, 0) is 6.54 Å². The van der Waals surface area contributed by atoms with Crippen LogP contribution in [0.4, 0.5) is 0 Å². The minimum atomic E-state index is -0.0575. The highest BCUT2D eigenvalue weighted by molar-refractivity contribution is 5.94. The van der Waals surface area contributed by atoms with Crippen molar-refractivity contribution in [1.82, 2.24) is 9.88 Å². The standard InChI is InChI=1S/C18H16N2O/c21-18(15-8-2-1-3-9-15)19-14-16-10-4-5-11-17(16)20-12-6-7-13-20/h1-13H,14H2,(H,19,21). The topological polar surface area (TPSA) is 34.0 Å². The first-order valence-corrected chi connectivity index (χ1v) is 6.89. The van der Waals surface area contributed by atoms with Crippen molar-refractivity contribution in [2.45, 2.75) is 6.54 Å². The molecule has 104 valence electrons.